The number of benzene rings is 1. The van der Waals surface area contributed by atoms with Crippen molar-refractivity contribution in [1.82, 2.24) is 25.2 Å². The third-order valence-corrected chi connectivity index (χ3v) is 4.36. The van der Waals surface area contributed by atoms with Gasteiger partial charge in [-0.15, -0.1) is 34.2 Å². The number of nitrogens with zero attached hydrogens (tertiary/aromatic N) is 4. The number of ether oxygens (including phenoxy) is 1. The Labute approximate surface area is 189 Å². The molecule has 1 unspecified atom stereocenters. The molecular weight excluding hydrogens is 479 g/mol. The number of halogens is 1. The van der Waals surface area contributed by atoms with Crippen molar-refractivity contribution in [2.45, 2.75) is 32.8 Å². The fraction of sp³-hybridized carbons (Fsp3) is 0.381. The average Bonchev–Trinajstić information content (AvgIpc) is 3.10. The summed E-state index contributed by atoms with van der Waals surface area (Å²) >= 11 is 0. The lowest BCUT2D eigenvalue weighted by Gasteiger charge is -2.18. The highest BCUT2D eigenvalue weighted by Crippen LogP contribution is 2.13. The van der Waals surface area contributed by atoms with Crippen LogP contribution in [0, 0.1) is 6.92 Å². The van der Waals surface area contributed by atoms with Crippen LogP contribution in [0.2, 0.25) is 0 Å². The van der Waals surface area contributed by atoms with Gasteiger partial charge in [0, 0.05) is 26.2 Å². The highest BCUT2D eigenvalue weighted by atomic mass is 127. The van der Waals surface area contributed by atoms with E-state index < -0.39 is 0 Å². The molecule has 0 saturated heterocycles. The molecule has 0 amide bonds. The molecule has 2 heterocycles. The molecule has 29 heavy (non-hydrogen) atoms. The smallest absolute Gasteiger partial charge is 0.191 e. The normalized spacial score (nSPS) is 12.3. The minimum absolute atomic E-state index is 0. The van der Waals surface area contributed by atoms with Gasteiger partial charge in [-0.3, -0.25) is 9.39 Å². The van der Waals surface area contributed by atoms with Crippen molar-refractivity contribution < 1.29 is 4.74 Å². The van der Waals surface area contributed by atoms with Gasteiger partial charge < -0.3 is 15.4 Å². The van der Waals surface area contributed by atoms with Gasteiger partial charge in [-0.1, -0.05) is 18.2 Å². The van der Waals surface area contributed by atoms with Crippen LogP contribution in [0.5, 0.6) is 5.75 Å². The molecule has 0 saturated carbocycles. The van der Waals surface area contributed by atoms with E-state index in [4.69, 9.17) is 4.74 Å². The van der Waals surface area contributed by atoms with Gasteiger partial charge >= 0.3 is 0 Å². The van der Waals surface area contributed by atoms with Crippen molar-refractivity contribution in [3.63, 3.8) is 0 Å². The van der Waals surface area contributed by atoms with Crippen LogP contribution in [0.4, 0.5) is 0 Å². The van der Waals surface area contributed by atoms with Crippen molar-refractivity contribution in [3.8, 4) is 5.75 Å². The summed E-state index contributed by atoms with van der Waals surface area (Å²) in [5.74, 6) is 2.63. The highest BCUT2D eigenvalue weighted by Gasteiger charge is 2.07. The molecule has 0 aliphatic carbocycles. The molecule has 156 valence electrons. The first-order valence-electron chi connectivity index (χ1n) is 9.62. The van der Waals surface area contributed by atoms with Crippen molar-refractivity contribution >= 4 is 35.6 Å². The molecule has 2 aromatic heterocycles. The number of nitrogens with one attached hydrogen (secondary N) is 2. The van der Waals surface area contributed by atoms with E-state index in [1.165, 1.54) is 5.56 Å². The molecule has 2 N–H and O–H groups in total. The Hall–Kier alpha value is -2.36. The Morgan fingerprint density at radius 1 is 1.17 bits per heavy atom. The quantitative estimate of drug-likeness (QED) is 0.212. The molecule has 1 aromatic carbocycles. The zero-order valence-electron chi connectivity index (χ0n) is 17.1. The summed E-state index contributed by atoms with van der Waals surface area (Å²) in [6.45, 7) is 5.57. The Morgan fingerprint density at radius 2 is 2.03 bits per heavy atom. The summed E-state index contributed by atoms with van der Waals surface area (Å²) in [4.78, 5) is 4.27. The van der Waals surface area contributed by atoms with Gasteiger partial charge in [0.05, 0.1) is 6.54 Å². The molecular formula is C21H29IN6O. The maximum absolute atomic E-state index is 5.94. The van der Waals surface area contributed by atoms with Crippen LogP contribution in [0.3, 0.4) is 0 Å². The SMILES string of the molecule is CN=C(NCCCc1nnc2ccccn12)NCC(C)Oc1cccc(C)c1.I. The second kappa shape index (κ2) is 11.6. The first-order valence-corrected chi connectivity index (χ1v) is 9.62. The number of fused-ring (bicyclic) bond motifs is 1. The predicted molar refractivity (Wildman–Crippen MR) is 127 cm³/mol. The van der Waals surface area contributed by atoms with Gasteiger partial charge in [0.1, 0.15) is 17.7 Å². The Morgan fingerprint density at radius 3 is 2.83 bits per heavy atom. The molecule has 0 bridgehead atoms. The zero-order chi connectivity index (χ0) is 19.8. The molecule has 8 heteroatoms. The van der Waals surface area contributed by atoms with Crippen molar-refractivity contribution in [2.24, 2.45) is 4.99 Å². The molecule has 3 aromatic rings. The lowest BCUT2D eigenvalue weighted by molar-refractivity contribution is 0.223. The standard InChI is InChI=1S/C21H28N6O.HI/c1-16-8-6-9-18(14-16)28-17(2)15-24-21(22-3)23-12-7-11-20-26-25-19-10-4-5-13-27(19)20;/h4-6,8-10,13-14,17H,7,11-12,15H2,1-3H3,(H2,22,23,24);1H. The number of aliphatic imine (C=N–C) groups is 1. The third kappa shape index (κ3) is 6.88. The molecule has 0 spiro atoms. The molecule has 3 rings (SSSR count). The summed E-state index contributed by atoms with van der Waals surface area (Å²) in [5.41, 5.74) is 2.07. The van der Waals surface area contributed by atoms with E-state index in [0.717, 1.165) is 42.6 Å². The maximum Gasteiger partial charge on any atom is 0.191 e. The Bertz CT molecular complexity index is 926. The van der Waals surface area contributed by atoms with Crippen LogP contribution in [0.1, 0.15) is 24.7 Å². The molecule has 0 radical (unpaired) electrons. The van der Waals surface area contributed by atoms with E-state index in [9.17, 15) is 0 Å². The van der Waals surface area contributed by atoms with Crippen LogP contribution in [0.15, 0.2) is 53.7 Å². The zero-order valence-corrected chi connectivity index (χ0v) is 19.5. The van der Waals surface area contributed by atoms with Crippen LogP contribution in [-0.4, -0.2) is 46.8 Å². The molecule has 0 fully saturated rings. The van der Waals surface area contributed by atoms with Crippen LogP contribution >= 0.6 is 24.0 Å². The third-order valence-electron chi connectivity index (χ3n) is 4.36. The minimum Gasteiger partial charge on any atom is -0.489 e. The first kappa shape index (κ1) is 22.9. The Balaban J connectivity index is 0.00000300. The number of hydrogen-bond donors (Lipinski definition) is 2. The number of rotatable bonds is 8. The monoisotopic (exact) mass is 508 g/mol. The number of aryl methyl sites for hydroxylation is 2. The van der Waals surface area contributed by atoms with Gasteiger partial charge in [-0.25, -0.2) is 0 Å². The summed E-state index contributed by atoms with van der Waals surface area (Å²) < 4.78 is 7.97. The van der Waals surface area contributed by atoms with Crippen LogP contribution in [0.25, 0.3) is 5.65 Å². The Kier molecular flexibility index (Phi) is 9.17. The summed E-state index contributed by atoms with van der Waals surface area (Å²) in [6.07, 6.45) is 3.81. The van der Waals surface area contributed by atoms with Crippen molar-refractivity contribution in [2.75, 3.05) is 20.1 Å². The van der Waals surface area contributed by atoms with Gasteiger partial charge in [-0.2, -0.15) is 0 Å². The summed E-state index contributed by atoms with van der Waals surface area (Å²) in [6, 6.07) is 14.0. The lowest BCUT2D eigenvalue weighted by Crippen LogP contribution is -2.42. The number of pyridine rings is 1. The van der Waals surface area contributed by atoms with E-state index in [1.807, 2.05) is 53.9 Å². The molecule has 0 aliphatic heterocycles. The van der Waals surface area contributed by atoms with E-state index in [-0.39, 0.29) is 30.1 Å². The summed E-state index contributed by atoms with van der Waals surface area (Å²) in [5, 5.41) is 15.1. The maximum atomic E-state index is 5.94. The highest BCUT2D eigenvalue weighted by molar-refractivity contribution is 14.0. The molecule has 0 aliphatic rings. The predicted octanol–water partition coefficient (Wildman–Crippen LogP) is 3.22. The largest absolute Gasteiger partial charge is 0.489 e. The second-order valence-electron chi connectivity index (χ2n) is 6.77. The summed E-state index contributed by atoms with van der Waals surface area (Å²) in [7, 11) is 1.77. The lowest BCUT2D eigenvalue weighted by atomic mass is 10.2. The average molecular weight is 508 g/mol. The second-order valence-corrected chi connectivity index (χ2v) is 6.77. The van der Waals surface area contributed by atoms with Crippen molar-refractivity contribution in [1.29, 1.82) is 0 Å². The van der Waals surface area contributed by atoms with Crippen LogP contribution < -0.4 is 15.4 Å². The van der Waals surface area contributed by atoms with E-state index >= 15 is 0 Å². The van der Waals surface area contributed by atoms with E-state index in [0.29, 0.717) is 6.54 Å². The van der Waals surface area contributed by atoms with Gasteiger partial charge in [0.25, 0.3) is 0 Å². The topological polar surface area (TPSA) is 75.8 Å². The number of hydrogen-bond acceptors (Lipinski definition) is 4. The van der Waals surface area contributed by atoms with Crippen LogP contribution in [-0.2, 0) is 6.42 Å². The van der Waals surface area contributed by atoms with Gasteiger partial charge in [0.15, 0.2) is 11.6 Å². The van der Waals surface area contributed by atoms with Gasteiger partial charge in [0.2, 0.25) is 0 Å². The van der Waals surface area contributed by atoms with Crippen molar-refractivity contribution in [3.05, 3.63) is 60.0 Å². The fourth-order valence-electron chi connectivity index (χ4n) is 2.94. The minimum atomic E-state index is 0. The van der Waals surface area contributed by atoms with E-state index in [1.54, 1.807) is 7.05 Å². The number of guanidine groups is 1. The van der Waals surface area contributed by atoms with Gasteiger partial charge in [-0.05, 0) is 50.1 Å². The van der Waals surface area contributed by atoms with E-state index in [2.05, 4.69) is 38.8 Å². The molecule has 7 nitrogen and oxygen atoms in total. The fourth-order valence-corrected chi connectivity index (χ4v) is 2.94. The number of aromatic nitrogens is 3. The first-order chi connectivity index (χ1) is 13.7. The molecule has 1 atom stereocenters.